The lowest BCUT2D eigenvalue weighted by Crippen LogP contribution is -2.19. The Morgan fingerprint density at radius 3 is 2.74 bits per heavy atom. The van der Waals surface area contributed by atoms with Gasteiger partial charge in [0.2, 0.25) is 0 Å². The third-order valence-corrected chi connectivity index (χ3v) is 3.40. The predicted octanol–water partition coefficient (Wildman–Crippen LogP) is 4.54. The molecule has 2 nitrogen and oxygen atoms in total. The molecule has 1 aromatic carbocycles. The normalized spacial score (nSPS) is 10.6. The molecule has 0 fully saturated rings. The number of rotatable bonds is 7. The minimum Gasteiger partial charge on any atom is -0.490 e. The molecule has 0 radical (unpaired) electrons. The van der Waals surface area contributed by atoms with Crippen LogP contribution in [0.4, 0.5) is 0 Å². The zero-order valence-electron chi connectivity index (χ0n) is 12.3. The van der Waals surface area contributed by atoms with Gasteiger partial charge in [0.1, 0.15) is 12.4 Å². The van der Waals surface area contributed by atoms with Crippen LogP contribution in [0.5, 0.6) is 5.75 Å². The topological polar surface area (TPSA) is 21.3 Å². The van der Waals surface area contributed by atoms with Gasteiger partial charge < -0.3 is 10.1 Å². The average molecular weight is 326 g/mol. The number of halogens is 1. The lowest BCUT2D eigenvalue weighted by molar-refractivity contribution is 0.361. The second-order valence-electron chi connectivity index (χ2n) is 5.37. The van der Waals surface area contributed by atoms with Crippen molar-refractivity contribution in [3.63, 3.8) is 0 Å². The summed E-state index contributed by atoms with van der Waals surface area (Å²) in [6.45, 7) is 11.1. The fraction of sp³-hybridized carbons (Fsp3) is 0.500. The van der Waals surface area contributed by atoms with Crippen molar-refractivity contribution in [3.05, 3.63) is 39.9 Å². The first-order valence-corrected chi connectivity index (χ1v) is 7.53. The molecule has 1 N–H and O–H groups in total. The summed E-state index contributed by atoms with van der Waals surface area (Å²) in [5.74, 6) is 1.58. The average Bonchev–Trinajstić information content (AvgIpc) is 2.32. The summed E-state index contributed by atoms with van der Waals surface area (Å²) >= 11 is 3.58. The molecular weight excluding hydrogens is 302 g/mol. The van der Waals surface area contributed by atoms with E-state index in [0.29, 0.717) is 12.5 Å². The summed E-state index contributed by atoms with van der Waals surface area (Å²) in [5.41, 5.74) is 2.51. The molecule has 0 bridgehead atoms. The van der Waals surface area contributed by atoms with Gasteiger partial charge in [0.25, 0.3) is 0 Å². The third kappa shape index (κ3) is 6.79. The van der Waals surface area contributed by atoms with Crippen LogP contribution in [0.3, 0.4) is 0 Å². The van der Waals surface area contributed by atoms with Crippen molar-refractivity contribution >= 4 is 15.9 Å². The number of ether oxygens (including phenoxy) is 1. The lowest BCUT2D eigenvalue weighted by atomic mass is 10.2. The molecule has 0 aliphatic rings. The van der Waals surface area contributed by atoms with Gasteiger partial charge in [-0.3, -0.25) is 0 Å². The van der Waals surface area contributed by atoms with E-state index in [1.165, 1.54) is 11.1 Å². The molecule has 0 atom stereocenters. The number of hydrogen-bond acceptors (Lipinski definition) is 2. The number of nitrogens with one attached hydrogen (secondary N) is 1. The number of benzene rings is 1. The van der Waals surface area contributed by atoms with Crippen molar-refractivity contribution in [2.75, 3.05) is 13.2 Å². The van der Waals surface area contributed by atoms with E-state index < -0.39 is 0 Å². The molecule has 0 amide bonds. The minimum absolute atomic E-state index is 0.628. The lowest BCUT2D eigenvalue weighted by Gasteiger charge is -2.11. The van der Waals surface area contributed by atoms with Gasteiger partial charge >= 0.3 is 0 Å². The fourth-order valence-corrected chi connectivity index (χ4v) is 1.96. The van der Waals surface area contributed by atoms with Crippen LogP contribution in [0, 0.1) is 5.92 Å². The number of allylic oxidation sites excluding steroid dienone is 1. The van der Waals surface area contributed by atoms with Gasteiger partial charge in [-0.1, -0.05) is 35.4 Å². The van der Waals surface area contributed by atoms with Gasteiger partial charge in [-0.05, 0) is 56.1 Å². The molecule has 19 heavy (non-hydrogen) atoms. The Morgan fingerprint density at radius 1 is 1.37 bits per heavy atom. The second kappa shape index (κ2) is 8.39. The SMILES string of the molecule is CC(C)=CCOc1ccc(Br)c(CNCC(C)C)c1. The van der Waals surface area contributed by atoms with Crippen molar-refractivity contribution in [3.8, 4) is 5.75 Å². The van der Waals surface area contributed by atoms with Crippen molar-refractivity contribution in [1.82, 2.24) is 5.32 Å². The fourth-order valence-electron chi connectivity index (χ4n) is 1.58. The number of hydrogen-bond donors (Lipinski definition) is 1. The van der Waals surface area contributed by atoms with Gasteiger partial charge in [0.05, 0.1) is 0 Å². The molecule has 0 aromatic heterocycles. The summed E-state index contributed by atoms with van der Waals surface area (Å²) < 4.78 is 6.84. The van der Waals surface area contributed by atoms with Crippen molar-refractivity contribution in [1.29, 1.82) is 0 Å². The molecule has 0 saturated heterocycles. The molecular formula is C16H24BrNO. The zero-order valence-corrected chi connectivity index (χ0v) is 13.9. The maximum Gasteiger partial charge on any atom is 0.120 e. The summed E-state index contributed by atoms with van der Waals surface area (Å²) in [6, 6.07) is 6.13. The minimum atomic E-state index is 0.628. The first kappa shape index (κ1) is 16.3. The molecule has 3 heteroatoms. The van der Waals surface area contributed by atoms with Crippen LogP contribution >= 0.6 is 15.9 Å². The predicted molar refractivity (Wildman–Crippen MR) is 85.6 cm³/mol. The zero-order chi connectivity index (χ0) is 14.3. The molecule has 0 spiro atoms. The standard InChI is InChI=1S/C16H24BrNO/c1-12(2)7-8-19-15-5-6-16(17)14(9-15)11-18-10-13(3)4/h5-7,9,13,18H,8,10-11H2,1-4H3. The highest BCUT2D eigenvalue weighted by Gasteiger charge is 2.03. The van der Waals surface area contributed by atoms with E-state index in [0.717, 1.165) is 23.3 Å². The Balaban J connectivity index is 2.58. The highest BCUT2D eigenvalue weighted by molar-refractivity contribution is 9.10. The Morgan fingerprint density at radius 2 is 2.11 bits per heavy atom. The largest absolute Gasteiger partial charge is 0.490 e. The van der Waals surface area contributed by atoms with Gasteiger partial charge in [-0.15, -0.1) is 0 Å². The molecule has 0 aliphatic carbocycles. The molecule has 1 rings (SSSR count). The van der Waals surface area contributed by atoms with Crippen molar-refractivity contribution < 1.29 is 4.74 Å². The van der Waals surface area contributed by atoms with Gasteiger partial charge in [-0.2, -0.15) is 0 Å². The quantitative estimate of drug-likeness (QED) is 0.743. The summed E-state index contributed by atoms with van der Waals surface area (Å²) in [6.07, 6.45) is 2.08. The molecule has 0 unspecified atom stereocenters. The summed E-state index contributed by atoms with van der Waals surface area (Å²) in [5, 5.41) is 3.45. The smallest absolute Gasteiger partial charge is 0.120 e. The molecule has 106 valence electrons. The van der Waals surface area contributed by atoms with E-state index in [9.17, 15) is 0 Å². The van der Waals surface area contributed by atoms with Crippen molar-refractivity contribution in [2.45, 2.75) is 34.2 Å². The molecule has 1 aromatic rings. The van der Waals surface area contributed by atoms with Crippen LogP contribution < -0.4 is 10.1 Å². The molecule has 0 heterocycles. The van der Waals surface area contributed by atoms with Crippen LogP contribution in [0.2, 0.25) is 0 Å². The van der Waals surface area contributed by atoms with E-state index in [1.807, 2.05) is 12.1 Å². The van der Waals surface area contributed by atoms with E-state index >= 15 is 0 Å². The summed E-state index contributed by atoms with van der Waals surface area (Å²) in [4.78, 5) is 0. The third-order valence-electron chi connectivity index (χ3n) is 2.63. The molecule has 0 aliphatic heterocycles. The Bertz CT molecular complexity index is 423. The Kier molecular flexibility index (Phi) is 7.17. The van der Waals surface area contributed by atoms with Crippen LogP contribution in [0.1, 0.15) is 33.3 Å². The van der Waals surface area contributed by atoms with Gasteiger partial charge in [0, 0.05) is 11.0 Å². The first-order valence-electron chi connectivity index (χ1n) is 6.74. The monoisotopic (exact) mass is 325 g/mol. The second-order valence-corrected chi connectivity index (χ2v) is 6.22. The van der Waals surface area contributed by atoms with E-state index in [2.05, 4.69) is 61.1 Å². The van der Waals surface area contributed by atoms with Crippen molar-refractivity contribution in [2.24, 2.45) is 5.92 Å². The Labute approximate surface area is 125 Å². The highest BCUT2D eigenvalue weighted by Crippen LogP contribution is 2.22. The van der Waals surface area contributed by atoms with Gasteiger partial charge in [0.15, 0.2) is 0 Å². The first-order chi connectivity index (χ1) is 8.99. The maximum atomic E-state index is 5.71. The Hall–Kier alpha value is -0.800. The van der Waals surface area contributed by atoms with Gasteiger partial charge in [-0.25, -0.2) is 0 Å². The summed E-state index contributed by atoms with van der Waals surface area (Å²) in [7, 11) is 0. The maximum absolute atomic E-state index is 5.71. The van der Waals surface area contributed by atoms with Crippen LogP contribution in [0.15, 0.2) is 34.3 Å². The highest BCUT2D eigenvalue weighted by atomic mass is 79.9. The van der Waals surface area contributed by atoms with Crippen LogP contribution in [-0.2, 0) is 6.54 Å². The van der Waals surface area contributed by atoms with E-state index in [1.54, 1.807) is 0 Å². The van der Waals surface area contributed by atoms with Crippen LogP contribution in [0.25, 0.3) is 0 Å². The van der Waals surface area contributed by atoms with E-state index in [4.69, 9.17) is 4.74 Å². The van der Waals surface area contributed by atoms with Crippen LogP contribution in [-0.4, -0.2) is 13.2 Å². The molecule has 0 saturated carbocycles. The van der Waals surface area contributed by atoms with E-state index in [-0.39, 0.29) is 0 Å².